The van der Waals surface area contributed by atoms with E-state index in [0.29, 0.717) is 28.5 Å². The van der Waals surface area contributed by atoms with Gasteiger partial charge >= 0.3 is 0 Å². The molecule has 0 fully saturated rings. The molecule has 0 saturated carbocycles. The quantitative estimate of drug-likeness (QED) is 0.495. The van der Waals surface area contributed by atoms with E-state index in [1.807, 2.05) is 6.92 Å². The van der Waals surface area contributed by atoms with E-state index >= 15 is 0 Å². The summed E-state index contributed by atoms with van der Waals surface area (Å²) in [6.07, 6.45) is 1.56. The lowest BCUT2D eigenvalue weighted by Gasteiger charge is -2.15. The zero-order chi connectivity index (χ0) is 20.9. The molecule has 0 unspecified atom stereocenters. The van der Waals surface area contributed by atoms with Crippen LogP contribution in [0, 0.1) is 6.92 Å². The minimum absolute atomic E-state index is 0.0299. The second-order valence-corrected chi connectivity index (χ2v) is 9.48. The Morgan fingerprint density at radius 2 is 2.00 bits per heavy atom. The number of benzene rings is 1. The topological polar surface area (TPSA) is 112 Å². The molecule has 0 aliphatic carbocycles. The van der Waals surface area contributed by atoms with Crippen LogP contribution in [0.3, 0.4) is 0 Å². The molecule has 0 aliphatic heterocycles. The van der Waals surface area contributed by atoms with Crippen molar-refractivity contribution in [2.24, 2.45) is 0 Å². The average Bonchev–Trinajstić information content (AvgIpc) is 2.61. The predicted octanol–water partition coefficient (Wildman–Crippen LogP) is 2.01. The van der Waals surface area contributed by atoms with Gasteiger partial charge in [0, 0.05) is 31.5 Å². The number of sulfonamides is 1. The van der Waals surface area contributed by atoms with Crippen LogP contribution in [-0.4, -0.2) is 48.4 Å². The van der Waals surface area contributed by atoms with Gasteiger partial charge in [-0.3, -0.25) is 9.59 Å². The van der Waals surface area contributed by atoms with E-state index in [0.717, 1.165) is 22.5 Å². The molecule has 2 N–H and O–H groups in total. The standard InChI is InChI=1S/C18H24N4O4S2/c1-5-6-13-10-16(23)21-18(20-13)27-11-17(24)19-14-8-7-12(2)15(9-14)28(25,26)22(3)4/h7-10H,5-6,11H2,1-4H3,(H,19,24)(H,20,21,23). The number of H-pyrrole nitrogens is 1. The third-order valence-electron chi connectivity index (χ3n) is 3.85. The van der Waals surface area contributed by atoms with Crippen molar-refractivity contribution in [2.45, 2.75) is 36.7 Å². The molecule has 0 spiro atoms. The summed E-state index contributed by atoms with van der Waals surface area (Å²) >= 11 is 1.11. The third kappa shape index (κ3) is 5.66. The first-order valence-electron chi connectivity index (χ1n) is 8.69. The van der Waals surface area contributed by atoms with Gasteiger partial charge in [-0.15, -0.1) is 0 Å². The number of aromatic amines is 1. The SMILES string of the molecule is CCCc1cc(=O)[nH]c(SCC(=O)Nc2ccc(C)c(S(=O)(=O)N(C)C)c2)n1. The first kappa shape index (κ1) is 22.1. The molecule has 1 aromatic carbocycles. The number of anilines is 1. The molecule has 0 atom stereocenters. The van der Waals surface area contributed by atoms with Crippen LogP contribution in [0.5, 0.6) is 0 Å². The van der Waals surface area contributed by atoms with E-state index in [1.165, 1.54) is 26.2 Å². The highest BCUT2D eigenvalue weighted by molar-refractivity contribution is 7.99. The van der Waals surface area contributed by atoms with Crippen LogP contribution in [0.25, 0.3) is 0 Å². The van der Waals surface area contributed by atoms with Gasteiger partial charge in [-0.05, 0) is 31.0 Å². The van der Waals surface area contributed by atoms with Gasteiger partial charge in [0.1, 0.15) is 0 Å². The number of thioether (sulfide) groups is 1. The molecule has 152 valence electrons. The molecule has 1 amide bonds. The van der Waals surface area contributed by atoms with E-state index < -0.39 is 10.0 Å². The summed E-state index contributed by atoms with van der Waals surface area (Å²) in [5.74, 6) is -0.298. The minimum atomic E-state index is -3.61. The van der Waals surface area contributed by atoms with E-state index in [9.17, 15) is 18.0 Å². The number of hydrogen-bond acceptors (Lipinski definition) is 6. The monoisotopic (exact) mass is 424 g/mol. The maximum absolute atomic E-state index is 12.4. The summed E-state index contributed by atoms with van der Waals surface area (Å²) in [6, 6.07) is 6.18. The molecule has 2 aromatic rings. The van der Waals surface area contributed by atoms with Gasteiger partial charge in [0.2, 0.25) is 15.9 Å². The molecule has 28 heavy (non-hydrogen) atoms. The van der Waals surface area contributed by atoms with Crippen molar-refractivity contribution in [2.75, 3.05) is 25.2 Å². The van der Waals surface area contributed by atoms with Gasteiger partial charge in [-0.1, -0.05) is 31.2 Å². The van der Waals surface area contributed by atoms with Gasteiger partial charge in [0.25, 0.3) is 5.56 Å². The first-order valence-corrected chi connectivity index (χ1v) is 11.1. The molecule has 0 radical (unpaired) electrons. The average molecular weight is 425 g/mol. The van der Waals surface area contributed by atoms with Gasteiger partial charge in [0.05, 0.1) is 10.6 Å². The zero-order valence-electron chi connectivity index (χ0n) is 16.3. The Bertz CT molecular complexity index is 1020. The minimum Gasteiger partial charge on any atom is -0.325 e. The fraction of sp³-hybridized carbons (Fsp3) is 0.389. The number of carbonyl (C=O) groups excluding carboxylic acids is 1. The lowest BCUT2D eigenvalue weighted by Crippen LogP contribution is -2.23. The Kier molecular flexibility index (Phi) is 7.39. The molecule has 10 heteroatoms. The van der Waals surface area contributed by atoms with Crippen molar-refractivity contribution in [3.05, 3.63) is 45.9 Å². The Morgan fingerprint density at radius 1 is 1.29 bits per heavy atom. The predicted molar refractivity (Wildman–Crippen MR) is 110 cm³/mol. The van der Waals surface area contributed by atoms with Crippen molar-refractivity contribution in [3.8, 4) is 0 Å². The van der Waals surface area contributed by atoms with Gasteiger partial charge in [-0.2, -0.15) is 0 Å². The van der Waals surface area contributed by atoms with Crippen LogP contribution in [-0.2, 0) is 21.2 Å². The van der Waals surface area contributed by atoms with Crippen molar-refractivity contribution in [1.82, 2.24) is 14.3 Å². The highest BCUT2D eigenvalue weighted by Crippen LogP contribution is 2.23. The molecular formula is C18H24N4O4S2. The Labute approximate surface area is 168 Å². The number of carbonyl (C=O) groups is 1. The van der Waals surface area contributed by atoms with E-state index in [-0.39, 0.29) is 22.1 Å². The van der Waals surface area contributed by atoms with Crippen molar-refractivity contribution >= 4 is 33.4 Å². The molecule has 0 aliphatic rings. The summed E-state index contributed by atoms with van der Waals surface area (Å²) in [7, 11) is -0.698. The van der Waals surface area contributed by atoms with E-state index in [1.54, 1.807) is 19.1 Å². The van der Waals surface area contributed by atoms with Gasteiger partial charge in [-0.25, -0.2) is 17.7 Å². The number of aromatic nitrogens is 2. The zero-order valence-corrected chi connectivity index (χ0v) is 17.9. The Morgan fingerprint density at radius 3 is 2.64 bits per heavy atom. The number of aryl methyl sites for hydroxylation is 2. The van der Waals surface area contributed by atoms with E-state index in [4.69, 9.17) is 0 Å². The number of nitrogens with one attached hydrogen (secondary N) is 2. The third-order valence-corrected chi connectivity index (χ3v) is 6.68. The summed E-state index contributed by atoms with van der Waals surface area (Å²) in [5, 5.41) is 3.06. The highest BCUT2D eigenvalue weighted by Gasteiger charge is 2.20. The van der Waals surface area contributed by atoms with Crippen molar-refractivity contribution in [3.63, 3.8) is 0 Å². The van der Waals surface area contributed by atoms with Gasteiger partial charge in [0.15, 0.2) is 5.16 Å². The van der Waals surface area contributed by atoms with Crippen LogP contribution < -0.4 is 10.9 Å². The number of rotatable bonds is 8. The van der Waals surface area contributed by atoms with Crippen LogP contribution in [0.1, 0.15) is 24.6 Å². The molecule has 0 saturated heterocycles. The van der Waals surface area contributed by atoms with Crippen LogP contribution in [0.15, 0.2) is 39.1 Å². The lowest BCUT2D eigenvalue weighted by atomic mass is 10.2. The maximum atomic E-state index is 12.4. The van der Waals surface area contributed by atoms with Crippen LogP contribution in [0.4, 0.5) is 5.69 Å². The Hall–Kier alpha value is -2.17. The summed E-state index contributed by atoms with van der Waals surface area (Å²) in [5.41, 5.74) is 1.41. The summed E-state index contributed by atoms with van der Waals surface area (Å²) < 4.78 is 25.9. The molecule has 1 aromatic heterocycles. The normalized spacial score (nSPS) is 11.6. The molecule has 0 bridgehead atoms. The van der Waals surface area contributed by atoms with Crippen LogP contribution in [0.2, 0.25) is 0 Å². The largest absolute Gasteiger partial charge is 0.325 e. The van der Waals surface area contributed by atoms with Gasteiger partial charge < -0.3 is 10.3 Å². The molecule has 8 nitrogen and oxygen atoms in total. The summed E-state index contributed by atoms with van der Waals surface area (Å²) in [6.45, 7) is 3.69. The molecular weight excluding hydrogens is 400 g/mol. The number of nitrogens with zero attached hydrogens (tertiary/aromatic N) is 2. The number of hydrogen-bond donors (Lipinski definition) is 2. The van der Waals surface area contributed by atoms with Crippen LogP contribution >= 0.6 is 11.8 Å². The maximum Gasteiger partial charge on any atom is 0.251 e. The van der Waals surface area contributed by atoms with E-state index in [2.05, 4.69) is 15.3 Å². The summed E-state index contributed by atoms with van der Waals surface area (Å²) in [4.78, 5) is 31.0. The molecule has 1 heterocycles. The Balaban J connectivity index is 2.09. The highest BCUT2D eigenvalue weighted by atomic mass is 32.2. The van der Waals surface area contributed by atoms with Crippen molar-refractivity contribution < 1.29 is 13.2 Å². The lowest BCUT2D eigenvalue weighted by molar-refractivity contribution is -0.113. The molecule has 2 rings (SSSR count). The van der Waals surface area contributed by atoms with Crippen molar-refractivity contribution in [1.29, 1.82) is 0 Å². The second-order valence-electron chi connectivity index (χ2n) is 6.40. The second kappa shape index (κ2) is 9.35. The fourth-order valence-corrected chi connectivity index (χ4v) is 4.26. The fourth-order valence-electron chi connectivity index (χ4n) is 2.42. The number of amides is 1. The smallest absolute Gasteiger partial charge is 0.251 e. The first-order chi connectivity index (χ1) is 13.1.